The summed E-state index contributed by atoms with van der Waals surface area (Å²) in [5.74, 6) is -0.982. The summed E-state index contributed by atoms with van der Waals surface area (Å²) in [6, 6.07) is 9.36. The van der Waals surface area contributed by atoms with E-state index in [0.29, 0.717) is 6.42 Å². The molecule has 1 aromatic heterocycles. The molecule has 0 saturated heterocycles. The Hall–Kier alpha value is -2.86. The summed E-state index contributed by atoms with van der Waals surface area (Å²) in [6.45, 7) is 1.80. The molecule has 1 heterocycles. The second-order valence-corrected chi connectivity index (χ2v) is 5.80. The molecule has 0 saturated carbocycles. The molecule has 0 fully saturated rings. The van der Waals surface area contributed by atoms with Crippen LogP contribution in [0.3, 0.4) is 0 Å². The van der Waals surface area contributed by atoms with Crippen molar-refractivity contribution in [3.63, 3.8) is 0 Å². The Morgan fingerprint density at radius 2 is 2.04 bits per heavy atom. The minimum absolute atomic E-state index is 0.0276. The van der Waals surface area contributed by atoms with Crippen molar-refractivity contribution in [3.8, 4) is 11.4 Å². The predicted molar refractivity (Wildman–Crippen MR) is 90.5 cm³/mol. The topological polar surface area (TPSA) is 94.0 Å². The largest absolute Gasteiger partial charge is 0.506 e. The van der Waals surface area contributed by atoms with Gasteiger partial charge in [0.25, 0.3) is 5.91 Å². The fourth-order valence-corrected chi connectivity index (χ4v) is 2.71. The van der Waals surface area contributed by atoms with Gasteiger partial charge < -0.3 is 10.8 Å². The van der Waals surface area contributed by atoms with Crippen LogP contribution in [-0.2, 0) is 6.42 Å². The van der Waals surface area contributed by atoms with Crippen LogP contribution in [0.1, 0.15) is 27.0 Å². The Morgan fingerprint density at radius 3 is 2.62 bits per heavy atom. The fraction of sp³-hybridized carbons (Fsp3) is 0.118. The molecular weight excluding hydrogens is 328 g/mol. The van der Waals surface area contributed by atoms with E-state index < -0.39 is 5.91 Å². The van der Waals surface area contributed by atoms with Gasteiger partial charge in [-0.25, -0.2) is 4.68 Å². The molecule has 0 aliphatic rings. The van der Waals surface area contributed by atoms with Crippen molar-refractivity contribution < 1.29 is 9.90 Å². The Labute approximate surface area is 143 Å². The van der Waals surface area contributed by atoms with Gasteiger partial charge in [0.05, 0.1) is 28.7 Å². The molecule has 6 nitrogen and oxygen atoms in total. The Morgan fingerprint density at radius 1 is 1.33 bits per heavy atom. The zero-order valence-electron chi connectivity index (χ0n) is 12.9. The van der Waals surface area contributed by atoms with Gasteiger partial charge in [0.1, 0.15) is 5.75 Å². The lowest BCUT2D eigenvalue weighted by atomic mass is 9.97. The molecule has 0 radical (unpaired) electrons. The lowest BCUT2D eigenvalue weighted by Crippen LogP contribution is -2.12. The first-order valence-electron chi connectivity index (χ1n) is 7.23. The second kappa shape index (κ2) is 6.33. The number of hydrogen-bond acceptors (Lipinski definition) is 4. The first-order chi connectivity index (χ1) is 11.5. The summed E-state index contributed by atoms with van der Waals surface area (Å²) in [5, 5.41) is 17.8. The van der Waals surface area contributed by atoms with E-state index in [2.05, 4.69) is 10.3 Å². The van der Waals surface area contributed by atoms with Gasteiger partial charge >= 0.3 is 0 Å². The van der Waals surface area contributed by atoms with E-state index in [4.69, 9.17) is 17.3 Å². The molecular formula is C17H15ClN4O2. The molecule has 3 aromatic rings. The number of halogens is 1. The number of nitrogens with two attached hydrogens (primary N) is 1. The van der Waals surface area contributed by atoms with Gasteiger partial charge in [-0.2, -0.15) is 0 Å². The van der Waals surface area contributed by atoms with Crippen LogP contribution in [0.5, 0.6) is 5.75 Å². The molecule has 3 N–H and O–H groups in total. The maximum absolute atomic E-state index is 11.5. The number of carbonyl (C=O) groups excluding carboxylic acids is 1. The third-order valence-electron chi connectivity index (χ3n) is 3.88. The van der Waals surface area contributed by atoms with E-state index in [1.165, 1.54) is 0 Å². The highest BCUT2D eigenvalue weighted by Gasteiger charge is 2.17. The van der Waals surface area contributed by atoms with Crippen LogP contribution < -0.4 is 5.73 Å². The number of phenols is 1. The number of benzene rings is 2. The molecule has 2 aromatic carbocycles. The first-order valence-corrected chi connectivity index (χ1v) is 7.61. The van der Waals surface area contributed by atoms with Crippen LogP contribution in [0.25, 0.3) is 5.69 Å². The van der Waals surface area contributed by atoms with Crippen LogP contribution in [0.4, 0.5) is 0 Å². The van der Waals surface area contributed by atoms with Gasteiger partial charge in [0, 0.05) is 0 Å². The van der Waals surface area contributed by atoms with E-state index in [9.17, 15) is 9.90 Å². The lowest BCUT2D eigenvalue weighted by molar-refractivity contribution is 0.0997. The number of nitrogens with zero attached hydrogens (tertiary/aromatic N) is 3. The van der Waals surface area contributed by atoms with Crippen molar-refractivity contribution in [1.82, 2.24) is 15.0 Å². The molecule has 0 unspecified atom stereocenters. The maximum atomic E-state index is 11.5. The molecule has 0 atom stereocenters. The molecule has 0 aliphatic heterocycles. The Bertz CT molecular complexity index is 890. The van der Waals surface area contributed by atoms with E-state index in [1.54, 1.807) is 30.1 Å². The maximum Gasteiger partial charge on any atom is 0.252 e. The monoisotopic (exact) mass is 342 g/mol. The summed E-state index contributed by atoms with van der Waals surface area (Å²) in [6.07, 6.45) is 3.93. The van der Waals surface area contributed by atoms with Crippen molar-refractivity contribution in [2.75, 3.05) is 0 Å². The quantitative estimate of drug-likeness (QED) is 0.762. The summed E-state index contributed by atoms with van der Waals surface area (Å²) < 4.78 is 1.66. The number of amides is 1. The van der Waals surface area contributed by atoms with Crippen molar-refractivity contribution in [2.24, 2.45) is 5.73 Å². The smallest absolute Gasteiger partial charge is 0.252 e. The van der Waals surface area contributed by atoms with Gasteiger partial charge in [0.15, 0.2) is 0 Å². The van der Waals surface area contributed by atoms with Crippen LogP contribution >= 0.6 is 11.6 Å². The average molecular weight is 343 g/mol. The predicted octanol–water partition coefficient (Wildman–Crippen LogP) is 2.62. The molecule has 3 rings (SSSR count). The summed E-state index contributed by atoms with van der Waals surface area (Å²) in [4.78, 5) is 11.5. The van der Waals surface area contributed by atoms with Crippen molar-refractivity contribution in [1.29, 1.82) is 0 Å². The van der Waals surface area contributed by atoms with E-state index in [1.807, 2.05) is 24.3 Å². The SMILES string of the molecule is Cc1c(Cc2ccc(-n3ccnn3)cc2)cc(C(N)=O)c(O)c1Cl. The van der Waals surface area contributed by atoms with Crippen molar-refractivity contribution >= 4 is 17.5 Å². The highest BCUT2D eigenvalue weighted by molar-refractivity contribution is 6.33. The van der Waals surface area contributed by atoms with E-state index in [0.717, 1.165) is 22.4 Å². The van der Waals surface area contributed by atoms with Crippen LogP contribution in [0, 0.1) is 6.92 Å². The molecule has 7 heteroatoms. The number of aromatic hydroxyl groups is 1. The average Bonchev–Trinajstić information content (AvgIpc) is 3.10. The zero-order valence-corrected chi connectivity index (χ0v) is 13.7. The van der Waals surface area contributed by atoms with Gasteiger partial charge in [-0.15, -0.1) is 5.10 Å². The minimum atomic E-state index is -0.711. The summed E-state index contributed by atoms with van der Waals surface area (Å²) >= 11 is 6.11. The molecule has 0 bridgehead atoms. The number of aromatic nitrogens is 3. The highest BCUT2D eigenvalue weighted by atomic mass is 35.5. The number of hydrogen-bond donors (Lipinski definition) is 2. The minimum Gasteiger partial charge on any atom is -0.506 e. The van der Waals surface area contributed by atoms with Gasteiger partial charge in [-0.3, -0.25) is 4.79 Å². The third-order valence-corrected chi connectivity index (χ3v) is 4.34. The highest BCUT2D eigenvalue weighted by Crippen LogP contribution is 2.34. The molecule has 0 aliphatic carbocycles. The number of rotatable bonds is 4. The third kappa shape index (κ3) is 2.96. The Kier molecular flexibility index (Phi) is 4.22. The van der Waals surface area contributed by atoms with E-state index in [-0.39, 0.29) is 16.3 Å². The van der Waals surface area contributed by atoms with Gasteiger partial charge in [-0.1, -0.05) is 28.9 Å². The number of carbonyl (C=O) groups is 1. The lowest BCUT2D eigenvalue weighted by Gasteiger charge is -2.12. The fourth-order valence-electron chi connectivity index (χ4n) is 2.49. The first kappa shape index (κ1) is 16.0. The van der Waals surface area contributed by atoms with E-state index >= 15 is 0 Å². The zero-order chi connectivity index (χ0) is 17.3. The second-order valence-electron chi connectivity index (χ2n) is 5.43. The van der Waals surface area contributed by atoms with Crippen LogP contribution in [-0.4, -0.2) is 26.0 Å². The standard InChI is InChI=1S/C17H15ClN4O2/c1-10-12(9-14(17(19)24)16(23)15(10)18)8-11-2-4-13(5-3-11)22-7-6-20-21-22/h2-7,9,23H,8H2,1H3,(H2,19,24). The van der Waals surface area contributed by atoms with Crippen LogP contribution in [0.15, 0.2) is 42.7 Å². The molecule has 0 spiro atoms. The summed E-state index contributed by atoms with van der Waals surface area (Å²) in [5.41, 5.74) is 8.80. The molecule has 122 valence electrons. The van der Waals surface area contributed by atoms with Crippen molar-refractivity contribution in [3.05, 3.63) is 70.0 Å². The normalized spacial score (nSPS) is 10.8. The molecule has 1 amide bonds. The molecule has 24 heavy (non-hydrogen) atoms. The number of primary amides is 1. The van der Waals surface area contributed by atoms with Crippen LogP contribution in [0.2, 0.25) is 5.02 Å². The summed E-state index contributed by atoms with van der Waals surface area (Å²) in [7, 11) is 0. The van der Waals surface area contributed by atoms with Crippen molar-refractivity contribution in [2.45, 2.75) is 13.3 Å². The van der Waals surface area contributed by atoms with Gasteiger partial charge in [-0.05, 0) is 48.2 Å². The Balaban J connectivity index is 1.92. The van der Waals surface area contributed by atoms with Gasteiger partial charge in [0.2, 0.25) is 0 Å².